The van der Waals surface area contributed by atoms with Crippen molar-refractivity contribution in [1.29, 1.82) is 0 Å². The number of unbranched alkanes of at least 4 members (excludes halogenated alkanes) is 6. The highest BCUT2D eigenvalue weighted by molar-refractivity contribution is 5.92. The van der Waals surface area contributed by atoms with Gasteiger partial charge in [0.05, 0.1) is 5.56 Å². The van der Waals surface area contributed by atoms with Crippen molar-refractivity contribution in [1.82, 2.24) is 0 Å². The maximum Gasteiger partial charge on any atom is 0.338 e. The van der Waals surface area contributed by atoms with Gasteiger partial charge in [-0.2, -0.15) is 0 Å². The summed E-state index contributed by atoms with van der Waals surface area (Å²) in [5.41, 5.74) is 1.86. The lowest BCUT2D eigenvalue weighted by Gasteiger charge is -2.24. The fourth-order valence-electron chi connectivity index (χ4n) is 2.93. The normalized spacial score (nSPS) is 17.4. The summed E-state index contributed by atoms with van der Waals surface area (Å²) in [7, 11) is 0. The van der Waals surface area contributed by atoms with Crippen LogP contribution in [0, 0.1) is 0 Å². The van der Waals surface area contributed by atoms with Gasteiger partial charge in [-0.3, -0.25) is 0 Å². The molecule has 0 aromatic heterocycles. The van der Waals surface area contributed by atoms with Crippen LogP contribution in [0.3, 0.4) is 0 Å². The summed E-state index contributed by atoms with van der Waals surface area (Å²) in [4.78, 5) is 11.9. The van der Waals surface area contributed by atoms with E-state index in [2.05, 4.69) is 0 Å². The molecule has 0 fully saturated rings. The Morgan fingerprint density at radius 2 is 1.67 bits per heavy atom. The van der Waals surface area contributed by atoms with Gasteiger partial charge in [0.1, 0.15) is 6.10 Å². The summed E-state index contributed by atoms with van der Waals surface area (Å²) < 4.78 is 5.51. The maximum absolute atomic E-state index is 11.9. The highest BCUT2D eigenvalue weighted by Crippen LogP contribution is 2.23. The number of esters is 1. The van der Waals surface area contributed by atoms with Crippen LogP contribution in [-0.4, -0.2) is 23.8 Å². The van der Waals surface area contributed by atoms with Crippen molar-refractivity contribution in [2.45, 2.75) is 63.9 Å². The van der Waals surface area contributed by atoms with E-state index in [9.17, 15) is 4.79 Å². The van der Waals surface area contributed by atoms with Crippen molar-refractivity contribution >= 4 is 5.97 Å². The summed E-state index contributed by atoms with van der Waals surface area (Å²) in [6.45, 7) is 0.314. The third kappa shape index (κ3) is 5.16. The van der Waals surface area contributed by atoms with Crippen LogP contribution < -0.4 is 0 Å². The molecule has 0 saturated heterocycles. The molecule has 1 aliphatic rings. The molecule has 21 heavy (non-hydrogen) atoms. The molecule has 116 valence electrons. The third-order valence-corrected chi connectivity index (χ3v) is 4.14. The summed E-state index contributed by atoms with van der Waals surface area (Å²) in [5.74, 6) is -0.161. The first-order chi connectivity index (χ1) is 10.3. The molecular formula is C18H26O3. The van der Waals surface area contributed by atoms with Crippen LogP contribution in [0.1, 0.15) is 67.3 Å². The molecular weight excluding hydrogens is 264 g/mol. The van der Waals surface area contributed by atoms with Gasteiger partial charge >= 0.3 is 5.97 Å². The number of fused-ring (bicyclic) bond motifs is 1. The van der Waals surface area contributed by atoms with Gasteiger partial charge < -0.3 is 9.84 Å². The number of cyclic esters (lactones) is 1. The predicted molar refractivity (Wildman–Crippen MR) is 83.4 cm³/mol. The van der Waals surface area contributed by atoms with Crippen molar-refractivity contribution in [3.8, 4) is 0 Å². The molecule has 0 amide bonds. The lowest BCUT2D eigenvalue weighted by Crippen LogP contribution is -2.27. The Hall–Kier alpha value is -1.35. The zero-order valence-electron chi connectivity index (χ0n) is 12.7. The number of benzene rings is 1. The van der Waals surface area contributed by atoms with Gasteiger partial charge in [0.25, 0.3) is 0 Å². The second-order valence-electron chi connectivity index (χ2n) is 5.88. The molecule has 1 aromatic carbocycles. The van der Waals surface area contributed by atoms with Crippen LogP contribution in [0.4, 0.5) is 0 Å². The summed E-state index contributed by atoms with van der Waals surface area (Å²) >= 11 is 0. The predicted octanol–water partition coefficient (Wildman–Crippen LogP) is 3.88. The first-order valence-electron chi connectivity index (χ1n) is 8.21. The Morgan fingerprint density at radius 3 is 2.43 bits per heavy atom. The fraction of sp³-hybridized carbons (Fsp3) is 0.611. The highest BCUT2D eigenvalue weighted by Gasteiger charge is 2.25. The molecule has 1 heterocycles. The Bertz CT molecular complexity index is 442. The highest BCUT2D eigenvalue weighted by atomic mass is 16.5. The number of hydrogen-bond acceptors (Lipinski definition) is 3. The van der Waals surface area contributed by atoms with Crippen LogP contribution in [0.5, 0.6) is 0 Å². The van der Waals surface area contributed by atoms with Gasteiger partial charge in [-0.05, 0) is 30.9 Å². The minimum atomic E-state index is -0.161. The Kier molecular flexibility index (Phi) is 6.74. The first-order valence-corrected chi connectivity index (χ1v) is 8.21. The van der Waals surface area contributed by atoms with E-state index in [4.69, 9.17) is 9.84 Å². The quantitative estimate of drug-likeness (QED) is 0.554. The van der Waals surface area contributed by atoms with E-state index in [1.54, 1.807) is 0 Å². The molecule has 3 heteroatoms. The Labute approximate surface area is 127 Å². The van der Waals surface area contributed by atoms with Gasteiger partial charge in [0, 0.05) is 13.0 Å². The second-order valence-corrected chi connectivity index (χ2v) is 5.88. The zero-order chi connectivity index (χ0) is 14.9. The molecule has 1 atom stereocenters. The number of hydrogen-bond donors (Lipinski definition) is 1. The first kappa shape index (κ1) is 16.0. The number of ether oxygens (including phenoxy) is 1. The van der Waals surface area contributed by atoms with Gasteiger partial charge in [-0.15, -0.1) is 0 Å². The SMILES string of the molecule is O=C1OC(CCCCCCCCCO)Cc2ccccc21. The third-order valence-electron chi connectivity index (χ3n) is 4.14. The average Bonchev–Trinajstić information content (AvgIpc) is 2.50. The molecule has 1 aromatic rings. The lowest BCUT2D eigenvalue weighted by atomic mass is 9.95. The molecule has 0 radical (unpaired) electrons. The molecule has 0 bridgehead atoms. The smallest absolute Gasteiger partial charge is 0.338 e. The van der Waals surface area contributed by atoms with Crippen molar-refractivity contribution in [2.24, 2.45) is 0 Å². The molecule has 2 rings (SSSR count). The van der Waals surface area contributed by atoms with E-state index in [0.717, 1.165) is 43.2 Å². The van der Waals surface area contributed by atoms with Crippen molar-refractivity contribution in [2.75, 3.05) is 6.61 Å². The summed E-state index contributed by atoms with van der Waals surface area (Å²) in [6, 6.07) is 7.75. The lowest BCUT2D eigenvalue weighted by molar-refractivity contribution is 0.0232. The number of aliphatic hydroxyl groups excluding tert-OH is 1. The minimum Gasteiger partial charge on any atom is -0.458 e. The van der Waals surface area contributed by atoms with Gasteiger partial charge in [0.2, 0.25) is 0 Å². The van der Waals surface area contributed by atoms with Crippen molar-refractivity contribution in [3.05, 3.63) is 35.4 Å². The number of aliphatic hydroxyl groups is 1. The molecule has 0 saturated carbocycles. The maximum atomic E-state index is 11.9. The minimum absolute atomic E-state index is 0.0572. The number of carbonyl (C=O) groups is 1. The standard InChI is InChI=1S/C18H26O3/c19-13-9-5-3-1-2-4-6-11-16-14-15-10-7-8-12-17(15)18(20)21-16/h7-8,10,12,16,19H,1-6,9,11,13-14H2. The Balaban J connectivity index is 1.61. The van der Waals surface area contributed by atoms with Gasteiger partial charge in [0.15, 0.2) is 0 Å². The number of carbonyl (C=O) groups excluding carboxylic acids is 1. The molecule has 1 aliphatic heterocycles. The van der Waals surface area contributed by atoms with Crippen LogP contribution in [0.2, 0.25) is 0 Å². The molecule has 0 aliphatic carbocycles. The van der Waals surface area contributed by atoms with Gasteiger partial charge in [-0.25, -0.2) is 4.79 Å². The summed E-state index contributed by atoms with van der Waals surface area (Å²) in [6.07, 6.45) is 9.97. The van der Waals surface area contributed by atoms with E-state index < -0.39 is 0 Å². The summed E-state index contributed by atoms with van der Waals surface area (Å²) in [5, 5.41) is 8.70. The van der Waals surface area contributed by atoms with Crippen LogP contribution in [0.25, 0.3) is 0 Å². The topological polar surface area (TPSA) is 46.5 Å². The molecule has 0 spiro atoms. The van der Waals surface area contributed by atoms with Gasteiger partial charge in [-0.1, -0.05) is 50.3 Å². The number of rotatable bonds is 9. The van der Waals surface area contributed by atoms with Crippen LogP contribution in [-0.2, 0) is 11.2 Å². The zero-order valence-corrected chi connectivity index (χ0v) is 12.7. The van der Waals surface area contributed by atoms with E-state index >= 15 is 0 Å². The Morgan fingerprint density at radius 1 is 1.00 bits per heavy atom. The fourth-order valence-corrected chi connectivity index (χ4v) is 2.93. The van der Waals surface area contributed by atoms with E-state index in [1.165, 1.54) is 25.7 Å². The molecule has 1 N–H and O–H groups in total. The van der Waals surface area contributed by atoms with Crippen molar-refractivity contribution < 1.29 is 14.6 Å². The van der Waals surface area contributed by atoms with Crippen molar-refractivity contribution in [3.63, 3.8) is 0 Å². The average molecular weight is 290 g/mol. The van der Waals surface area contributed by atoms with Crippen LogP contribution in [0.15, 0.2) is 24.3 Å². The largest absolute Gasteiger partial charge is 0.458 e. The molecule has 3 nitrogen and oxygen atoms in total. The van der Waals surface area contributed by atoms with E-state index in [-0.39, 0.29) is 12.1 Å². The molecule has 1 unspecified atom stereocenters. The monoisotopic (exact) mass is 290 g/mol. The van der Waals surface area contributed by atoms with E-state index in [0.29, 0.717) is 6.61 Å². The van der Waals surface area contributed by atoms with E-state index in [1.807, 2.05) is 24.3 Å². The second kappa shape index (κ2) is 8.83. The van der Waals surface area contributed by atoms with Crippen LogP contribution >= 0.6 is 0 Å².